The van der Waals surface area contributed by atoms with E-state index in [9.17, 15) is 4.79 Å². The zero-order valence-corrected chi connectivity index (χ0v) is 13.5. The SMILES string of the molecule is CCc1cc(C(N)CCC(=O)O)c(OC)c(Br)c1OC. The van der Waals surface area contributed by atoms with Crippen LogP contribution in [0.5, 0.6) is 11.5 Å². The molecule has 1 rings (SSSR count). The van der Waals surface area contributed by atoms with Crippen molar-refractivity contribution in [1.82, 2.24) is 0 Å². The molecule has 0 heterocycles. The van der Waals surface area contributed by atoms with Gasteiger partial charge in [0.25, 0.3) is 0 Å². The molecular weight excluding hydrogens is 326 g/mol. The van der Waals surface area contributed by atoms with Gasteiger partial charge in [-0.25, -0.2) is 0 Å². The standard InChI is InChI=1S/C14H20BrNO4/c1-4-8-7-9(10(16)5-6-11(17)18)14(20-3)12(15)13(8)19-2/h7,10H,4-6,16H2,1-3H3,(H,17,18). The number of carboxylic acids is 1. The average Bonchev–Trinajstić information content (AvgIpc) is 2.43. The molecule has 0 aliphatic rings. The van der Waals surface area contributed by atoms with Gasteiger partial charge in [-0.2, -0.15) is 0 Å². The summed E-state index contributed by atoms with van der Waals surface area (Å²) >= 11 is 3.47. The molecule has 0 bridgehead atoms. The summed E-state index contributed by atoms with van der Waals surface area (Å²) in [5.74, 6) is 0.457. The van der Waals surface area contributed by atoms with E-state index < -0.39 is 12.0 Å². The number of ether oxygens (including phenoxy) is 2. The summed E-state index contributed by atoms with van der Waals surface area (Å²) in [5.41, 5.74) is 7.89. The predicted molar refractivity (Wildman–Crippen MR) is 80.4 cm³/mol. The summed E-state index contributed by atoms with van der Waals surface area (Å²) in [6.45, 7) is 2.02. The molecule has 0 spiro atoms. The Morgan fingerprint density at radius 3 is 2.45 bits per heavy atom. The van der Waals surface area contributed by atoms with Crippen molar-refractivity contribution in [2.75, 3.05) is 14.2 Å². The first-order valence-corrected chi connectivity index (χ1v) is 7.16. The van der Waals surface area contributed by atoms with Crippen molar-refractivity contribution in [3.63, 3.8) is 0 Å². The summed E-state index contributed by atoms with van der Waals surface area (Å²) in [4.78, 5) is 10.7. The lowest BCUT2D eigenvalue weighted by molar-refractivity contribution is -0.137. The second kappa shape index (κ2) is 7.50. The van der Waals surface area contributed by atoms with Gasteiger partial charge in [0.15, 0.2) is 0 Å². The molecule has 3 N–H and O–H groups in total. The molecule has 0 aliphatic heterocycles. The minimum Gasteiger partial charge on any atom is -0.495 e. The second-order valence-corrected chi connectivity index (χ2v) is 5.19. The van der Waals surface area contributed by atoms with Crippen LogP contribution in [0.25, 0.3) is 0 Å². The zero-order valence-electron chi connectivity index (χ0n) is 11.9. The van der Waals surface area contributed by atoms with Crippen LogP contribution >= 0.6 is 15.9 Å². The molecule has 1 aromatic carbocycles. The molecule has 6 heteroatoms. The molecule has 20 heavy (non-hydrogen) atoms. The number of rotatable bonds is 7. The number of carboxylic acid groups (broad SMARTS) is 1. The first-order valence-electron chi connectivity index (χ1n) is 6.36. The van der Waals surface area contributed by atoms with Crippen molar-refractivity contribution in [1.29, 1.82) is 0 Å². The summed E-state index contributed by atoms with van der Waals surface area (Å²) < 4.78 is 11.5. The normalized spacial score (nSPS) is 12.1. The fourth-order valence-electron chi connectivity index (χ4n) is 2.09. The van der Waals surface area contributed by atoms with Crippen LogP contribution in [0.3, 0.4) is 0 Å². The van der Waals surface area contributed by atoms with E-state index in [-0.39, 0.29) is 6.42 Å². The maximum atomic E-state index is 10.7. The van der Waals surface area contributed by atoms with Gasteiger partial charge in [0.05, 0.1) is 14.2 Å². The quantitative estimate of drug-likeness (QED) is 0.793. The maximum absolute atomic E-state index is 10.7. The zero-order chi connectivity index (χ0) is 15.3. The third-order valence-corrected chi connectivity index (χ3v) is 3.86. The number of carbonyl (C=O) groups is 1. The predicted octanol–water partition coefficient (Wildman–Crippen LogP) is 2.89. The minimum absolute atomic E-state index is 0.0232. The van der Waals surface area contributed by atoms with Crippen LogP contribution in [0.1, 0.15) is 36.9 Å². The number of hydrogen-bond acceptors (Lipinski definition) is 4. The Hall–Kier alpha value is -1.27. The lowest BCUT2D eigenvalue weighted by atomic mass is 9.98. The second-order valence-electron chi connectivity index (χ2n) is 4.40. The summed E-state index contributed by atoms with van der Waals surface area (Å²) in [6.07, 6.45) is 1.16. The van der Waals surface area contributed by atoms with E-state index in [1.54, 1.807) is 14.2 Å². The summed E-state index contributed by atoms with van der Waals surface area (Å²) in [7, 11) is 3.15. The average molecular weight is 346 g/mol. The van der Waals surface area contributed by atoms with Gasteiger partial charge in [-0.1, -0.05) is 6.92 Å². The smallest absolute Gasteiger partial charge is 0.303 e. The molecular formula is C14H20BrNO4. The van der Waals surface area contributed by atoms with Gasteiger partial charge in [0.2, 0.25) is 0 Å². The fraction of sp³-hybridized carbons (Fsp3) is 0.500. The number of nitrogens with two attached hydrogens (primary N) is 1. The Kier molecular flexibility index (Phi) is 6.29. The van der Waals surface area contributed by atoms with E-state index in [0.717, 1.165) is 23.3 Å². The molecule has 5 nitrogen and oxygen atoms in total. The molecule has 1 unspecified atom stereocenters. The Labute approximate surface area is 127 Å². The van der Waals surface area contributed by atoms with E-state index in [4.69, 9.17) is 20.3 Å². The highest BCUT2D eigenvalue weighted by molar-refractivity contribution is 9.10. The van der Waals surface area contributed by atoms with Crippen molar-refractivity contribution in [3.8, 4) is 11.5 Å². The molecule has 0 aliphatic carbocycles. The van der Waals surface area contributed by atoms with Gasteiger partial charge < -0.3 is 20.3 Å². The van der Waals surface area contributed by atoms with E-state index in [0.29, 0.717) is 16.6 Å². The van der Waals surface area contributed by atoms with Crippen LogP contribution in [0.15, 0.2) is 10.5 Å². The van der Waals surface area contributed by atoms with Crippen LogP contribution in [-0.4, -0.2) is 25.3 Å². The molecule has 0 amide bonds. The van der Waals surface area contributed by atoms with Crippen LogP contribution in [0.4, 0.5) is 0 Å². The summed E-state index contributed by atoms with van der Waals surface area (Å²) in [6, 6.07) is 1.53. The number of methoxy groups -OCH3 is 2. The molecule has 0 aromatic heterocycles. The Bertz CT molecular complexity index is 491. The Morgan fingerprint density at radius 1 is 1.40 bits per heavy atom. The van der Waals surface area contributed by atoms with Crippen molar-refractivity contribution in [3.05, 3.63) is 21.7 Å². The molecule has 1 aromatic rings. The minimum atomic E-state index is -0.859. The number of aryl methyl sites for hydroxylation is 1. The van der Waals surface area contributed by atoms with Crippen molar-refractivity contribution in [2.24, 2.45) is 5.73 Å². The van der Waals surface area contributed by atoms with Gasteiger partial charge in [0, 0.05) is 18.0 Å². The molecule has 0 radical (unpaired) electrons. The number of benzene rings is 1. The molecule has 112 valence electrons. The molecule has 0 fully saturated rings. The van der Waals surface area contributed by atoms with Crippen molar-refractivity contribution >= 4 is 21.9 Å². The van der Waals surface area contributed by atoms with Crippen LogP contribution < -0.4 is 15.2 Å². The van der Waals surface area contributed by atoms with Gasteiger partial charge in [-0.3, -0.25) is 4.79 Å². The first-order chi connectivity index (χ1) is 9.46. The van der Waals surface area contributed by atoms with Crippen molar-refractivity contribution < 1.29 is 19.4 Å². The molecule has 0 saturated heterocycles. The summed E-state index contributed by atoms with van der Waals surface area (Å²) in [5, 5.41) is 8.76. The maximum Gasteiger partial charge on any atom is 0.303 e. The van der Waals surface area contributed by atoms with Gasteiger partial charge in [-0.15, -0.1) is 0 Å². The molecule has 0 saturated carbocycles. The lowest BCUT2D eigenvalue weighted by Gasteiger charge is -2.20. The lowest BCUT2D eigenvalue weighted by Crippen LogP contribution is -2.14. The highest BCUT2D eigenvalue weighted by Crippen LogP contribution is 2.42. The van der Waals surface area contributed by atoms with Crippen LogP contribution in [0.2, 0.25) is 0 Å². The first kappa shape index (κ1) is 16.8. The fourth-order valence-corrected chi connectivity index (χ4v) is 2.90. The van der Waals surface area contributed by atoms with Crippen LogP contribution in [0, 0.1) is 0 Å². The third kappa shape index (κ3) is 3.64. The topological polar surface area (TPSA) is 81.8 Å². The van der Waals surface area contributed by atoms with E-state index >= 15 is 0 Å². The Morgan fingerprint density at radius 2 is 2.00 bits per heavy atom. The van der Waals surface area contributed by atoms with E-state index in [2.05, 4.69) is 15.9 Å². The third-order valence-electron chi connectivity index (χ3n) is 3.14. The van der Waals surface area contributed by atoms with Crippen molar-refractivity contribution in [2.45, 2.75) is 32.2 Å². The highest BCUT2D eigenvalue weighted by Gasteiger charge is 2.21. The monoisotopic (exact) mass is 345 g/mol. The highest BCUT2D eigenvalue weighted by atomic mass is 79.9. The molecule has 1 atom stereocenters. The van der Waals surface area contributed by atoms with Gasteiger partial charge in [0.1, 0.15) is 16.0 Å². The van der Waals surface area contributed by atoms with Gasteiger partial charge >= 0.3 is 5.97 Å². The van der Waals surface area contributed by atoms with Gasteiger partial charge in [-0.05, 0) is 40.4 Å². The number of halogens is 1. The van der Waals surface area contributed by atoms with E-state index in [1.165, 1.54) is 0 Å². The number of aliphatic carboxylic acids is 1. The van der Waals surface area contributed by atoms with Crippen LogP contribution in [-0.2, 0) is 11.2 Å². The Balaban J connectivity index is 3.23. The van der Waals surface area contributed by atoms with E-state index in [1.807, 2.05) is 13.0 Å². The largest absolute Gasteiger partial charge is 0.495 e. The number of hydrogen-bond donors (Lipinski definition) is 2.